The van der Waals surface area contributed by atoms with Crippen molar-refractivity contribution in [1.29, 1.82) is 0 Å². The van der Waals surface area contributed by atoms with Crippen molar-refractivity contribution in [2.75, 3.05) is 19.7 Å². The van der Waals surface area contributed by atoms with Gasteiger partial charge in [-0.15, -0.1) is 0 Å². The molecule has 0 radical (unpaired) electrons. The molecule has 0 unspecified atom stereocenters. The van der Waals surface area contributed by atoms with E-state index in [1.807, 2.05) is 30.3 Å². The third-order valence-electron chi connectivity index (χ3n) is 3.42. The van der Waals surface area contributed by atoms with Crippen molar-refractivity contribution >= 4 is 10.0 Å². The minimum atomic E-state index is -3.22. The van der Waals surface area contributed by atoms with Crippen molar-refractivity contribution in [3.8, 4) is 0 Å². The van der Waals surface area contributed by atoms with Crippen molar-refractivity contribution < 1.29 is 13.5 Å². The first-order valence-electron chi connectivity index (χ1n) is 6.24. The summed E-state index contributed by atoms with van der Waals surface area (Å²) in [5.74, 6) is 0.325. The molecule has 0 bridgehead atoms. The van der Waals surface area contributed by atoms with E-state index in [4.69, 9.17) is 5.11 Å². The Hall–Kier alpha value is -0.910. The summed E-state index contributed by atoms with van der Waals surface area (Å²) in [4.78, 5) is 0. The topological polar surface area (TPSA) is 57.6 Å². The fraction of sp³-hybridized carbons (Fsp3) is 0.538. The molecule has 2 rings (SSSR count). The van der Waals surface area contributed by atoms with Crippen molar-refractivity contribution in [2.24, 2.45) is 5.92 Å². The number of nitrogens with zero attached hydrogens (tertiary/aromatic N) is 1. The number of sulfonamides is 1. The van der Waals surface area contributed by atoms with Gasteiger partial charge >= 0.3 is 0 Å². The molecule has 4 nitrogen and oxygen atoms in total. The molecule has 0 aromatic heterocycles. The molecule has 1 fully saturated rings. The molecule has 100 valence electrons. The Balaban J connectivity index is 2.00. The molecule has 1 aromatic carbocycles. The molecule has 1 aliphatic heterocycles. The van der Waals surface area contributed by atoms with Gasteiger partial charge in [0.15, 0.2) is 0 Å². The predicted molar refractivity (Wildman–Crippen MR) is 70.4 cm³/mol. The Kier molecular flexibility index (Phi) is 4.37. The Bertz CT molecular complexity index is 464. The molecule has 0 atom stereocenters. The number of aliphatic hydroxyl groups excluding tert-OH is 1. The van der Waals surface area contributed by atoms with Gasteiger partial charge in [0, 0.05) is 19.7 Å². The normalized spacial score (nSPS) is 18.9. The number of aliphatic hydroxyl groups is 1. The molecule has 1 aromatic rings. The molecule has 0 saturated carbocycles. The highest BCUT2D eigenvalue weighted by atomic mass is 32.2. The van der Waals surface area contributed by atoms with E-state index in [0.717, 1.165) is 18.4 Å². The lowest BCUT2D eigenvalue weighted by molar-refractivity contribution is 0.170. The van der Waals surface area contributed by atoms with Gasteiger partial charge in [0.25, 0.3) is 0 Å². The van der Waals surface area contributed by atoms with Gasteiger partial charge in [-0.1, -0.05) is 30.3 Å². The van der Waals surface area contributed by atoms with E-state index >= 15 is 0 Å². The van der Waals surface area contributed by atoms with Crippen LogP contribution in [0.15, 0.2) is 30.3 Å². The summed E-state index contributed by atoms with van der Waals surface area (Å²) in [6.07, 6.45) is 1.51. The molecule has 1 N–H and O–H groups in total. The number of piperidine rings is 1. The summed E-state index contributed by atoms with van der Waals surface area (Å²) in [6, 6.07) is 9.24. The molecule has 5 heteroatoms. The van der Waals surface area contributed by atoms with Gasteiger partial charge in [-0.25, -0.2) is 12.7 Å². The van der Waals surface area contributed by atoms with Crippen LogP contribution < -0.4 is 0 Å². The predicted octanol–water partition coefficient (Wildman–Crippen LogP) is 1.22. The van der Waals surface area contributed by atoms with Crippen LogP contribution in [0.25, 0.3) is 0 Å². The molecule has 18 heavy (non-hydrogen) atoms. The van der Waals surface area contributed by atoms with Crippen molar-refractivity contribution in [3.63, 3.8) is 0 Å². The third kappa shape index (κ3) is 3.31. The number of hydrogen-bond donors (Lipinski definition) is 1. The summed E-state index contributed by atoms with van der Waals surface area (Å²) in [5.41, 5.74) is 0.821. The SMILES string of the molecule is O=S(=O)(Cc1ccccc1)N1CCC(CO)CC1. The molecular formula is C13H19NO3S. The highest BCUT2D eigenvalue weighted by Gasteiger charge is 2.27. The number of benzene rings is 1. The fourth-order valence-corrected chi connectivity index (χ4v) is 3.81. The van der Waals surface area contributed by atoms with Crippen molar-refractivity contribution in [2.45, 2.75) is 18.6 Å². The molecule has 1 aliphatic rings. The van der Waals surface area contributed by atoms with Crippen LogP contribution in [0.3, 0.4) is 0 Å². The van der Waals surface area contributed by atoms with E-state index in [1.54, 1.807) is 4.31 Å². The zero-order valence-electron chi connectivity index (χ0n) is 10.3. The van der Waals surface area contributed by atoms with Gasteiger partial charge in [-0.3, -0.25) is 0 Å². The molecule has 0 spiro atoms. The Morgan fingerprint density at radius 2 is 1.78 bits per heavy atom. The van der Waals surface area contributed by atoms with Gasteiger partial charge in [0.1, 0.15) is 0 Å². The average molecular weight is 269 g/mol. The lowest BCUT2D eigenvalue weighted by Gasteiger charge is -2.30. The molecule has 1 heterocycles. The van der Waals surface area contributed by atoms with Crippen molar-refractivity contribution in [3.05, 3.63) is 35.9 Å². The maximum Gasteiger partial charge on any atom is 0.218 e. The fourth-order valence-electron chi connectivity index (χ4n) is 2.25. The first-order chi connectivity index (χ1) is 8.62. The van der Waals surface area contributed by atoms with Gasteiger partial charge in [0.05, 0.1) is 5.75 Å². The highest BCUT2D eigenvalue weighted by molar-refractivity contribution is 7.88. The standard InChI is InChI=1S/C13H19NO3S/c15-10-12-6-8-14(9-7-12)18(16,17)11-13-4-2-1-3-5-13/h1-5,12,15H,6-11H2. The second kappa shape index (κ2) is 5.82. The maximum absolute atomic E-state index is 12.2. The van der Waals surface area contributed by atoms with Crippen LogP contribution in [0, 0.1) is 5.92 Å². The summed E-state index contributed by atoms with van der Waals surface area (Å²) in [6.45, 7) is 1.22. The monoisotopic (exact) mass is 269 g/mol. The van der Waals surface area contributed by atoms with Crippen LogP contribution in [-0.4, -0.2) is 37.5 Å². The second-order valence-electron chi connectivity index (χ2n) is 4.77. The lowest BCUT2D eigenvalue weighted by atomic mass is 10.00. The van der Waals surface area contributed by atoms with Gasteiger partial charge in [0.2, 0.25) is 10.0 Å². The van der Waals surface area contributed by atoms with Crippen LogP contribution in [-0.2, 0) is 15.8 Å². The minimum Gasteiger partial charge on any atom is -0.396 e. The average Bonchev–Trinajstić information content (AvgIpc) is 2.39. The Morgan fingerprint density at radius 1 is 1.17 bits per heavy atom. The minimum absolute atomic E-state index is 0.0671. The van der Waals surface area contributed by atoms with Crippen LogP contribution >= 0.6 is 0 Å². The molecule has 1 saturated heterocycles. The van der Waals surface area contributed by atoms with Crippen LogP contribution in [0.2, 0.25) is 0 Å². The van der Waals surface area contributed by atoms with Crippen molar-refractivity contribution in [1.82, 2.24) is 4.31 Å². The number of hydrogen-bond acceptors (Lipinski definition) is 3. The third-order valence-corrected chi connectivity index (χ3v) is 5.27. The van der Waals surface area contributed by atoms with Gasteiger partial charge < -0.3 is 5.11 Å². The van der Waals surface area contributed by atoms with E-state index in [1.165, 1.54) is 0 Å². The lowest BCUT2D eigenvalue weighted by Crippen LogP contribution is -2.39. The summed E-state index contributed by atoms with van der Waals surface area (Å²) in [7, 11) is -3.22. The quantitative estimate of drug-likeness (QED) is 0.894. The van der Waals surface area contributed by atoms with E-state index in [2.05, 4.69) is 0 Å². The van der Waals surface area contributed by atoms with Gasteiger partial charge in [-0.2, -0.15) is 0 Å². The smallest absolute Gasteiger partial charge is 0.218 e. The highest BCUT2D eigenvalue weighted by Crippen LogP contribution is 2.21. The van der Waals surface area contributed by atoms with E-state index in [0.29, 0.717) is 13.1 Å². The van der Waals surface area contributed by atoms with E-state index in [-0.39, 0.29) is 18.3 Å². The Morgan fingerprint density at radius 3 is 2.33 bits per heavy atom. The maximum atomic E-state index is 12.2. The van der Waals surface area contributed by atoms with Gasteiger partial charge in [-0.05, 0) is 24.3 Å². The van der Waals surface area contributed by atoms with E-state index < -0.39 is 10.0 Å². The molecule has 0 amide bonds. The zero-order valence-corrected chi connectivity index (χ0v) is 11.1. The summed E-state index contributed by atoms with van der Waals surface area (Å²) >= 11 is 0. The first kappa shape index (κ1) is 13.5. The molecular weight excluding hydrogens is 250 g/mol. The second-order valence-corrected chi connectivity index (χ2v) is 6.74. The number of rotatable bonds is 4. The van der Waals surface area contributed by atoms with E-state index in [9.17, 15) is 8.42 Å². The van der Waals surface area contributed by atoms with Crippen LogP contribution in [0.4, 0.5) is 0 Å². The largest absolute Gasteiger partial charge is 0.396 e. The van der Waals surface area contributed by atoms with Crippen LogP contribution in [0.1, 0.15) is 18.4 Å². The first-order valence-corrected chi connectivity index (χ1v) is 7.85. The summed E-state index contributed by atoms with van der Waals surface area (Å²) < 4.78 is 26.0. The van der Waals surface area contributed by atoms with Crippen LogP contribution in [0.5, 0.6) is 0 Å². The zero-order chi connectivity index (χ0) is 13.0. The molecule has 0 aliphatic carbocycles. The Labute approximate surface area is 108 Å². The summed E-state index contributed by atoms with van der Waals surface area (Å²) in [5, 5.41) is 9.05.